The molecule has 0 aromatic heterocycles. The molecule has 0 saturated heterocycles. The second-order valence-corrected chi connectivity index (χ2v) is 11.1. The molecule has 31 heavy (non-hydrogen) atoms. The van der Waals surface area contributed by atoms with E-state index >= 15 is 0 Å². The predicted octanol–water partition coefficient (Wildman–Crippen LogP) is 7.26. The van der Waals surface area contributed by atoms with Gasteiger partial charge in [-0.25, -0.2) is 0 Å². The summed E-state index contributed by atoms with van der Waals surface area (Å²) in [4.78, 5) is 0. The number of methoxy groups -OCH3 is 1. The van der Waals surface area contributed by atoms with Crippen LogP contribution in [-0.4, -0.2) is 13.2 Å². The molecule has 4 fully saturated rings. The van der Waals surface area contributed by atoms with E-state index in [1.165, 1.54) is 32.1 Å². The second-order valence-electron chi connectivity index (χ2n) is 9.43. The van der Waals surface area contributed by atoms with E-state index in [0.29, 0.717) is 22.7 Å². The molecule has 3 nitrogen and oxygen atoms in total. The van der Waals surface area contributed by atoms with Crippen LogP contribution in [0.1, 0.15) is 43.2 Å². The number of hydrogen-bond acceptors (Lipinski definition) is 3. The summed E-state index contributed by atoms with van der Waals surface area (Å²) in [6.45, 7) is 1.16. The molecule has 0 radical (unpaired) electrons. The lowest BCUT2D eigenvalue weighted by Crippen LogP contribution is -2.54. The highest BCUT2D eigenvalue weighted by Crippen LogP contribution is 2.54. The summed E-state index contributed by atoms with van der Waals surface area (Å²) in [6, 6.07) is 10.2. The molecule has 0 amide bonds. The van der Waals surface area contributed by atoms with E-state index in [1.807, 2.05) is 24.3 Å². The van der Waals surface area contributed by atoms with Gasteiger partial charge in [0, 0.05) is 22.6 Å². The Balaban J connectivity index is 1.33. The summed E-state index contributed by atoms with van der Waals surface area (Å²) in [5.41, 5.74) is 2.07. The summed E-state index contributed by atoms with van der Waals surface area (Å²) in [6.07, 6.45) is 7.11. The maximum Gasteiger partial charge on any atom is 0.167 e. The van der Waals surface area contributed by atoms with Crippen molar-refractivity contribution in [2.75, 3.05) is 7.11 Å². The molecule has 0 spiro atoms. The monoisotopic (exact) mass is 523 g/mol. The molecule has 4 saturated carbocycles. The molecule has 2 aromatic rings. The highest BCUT2D eigenvalue weighted by Gasteiger charge is 2.47. The van der Waals surface area contributed by atoms with Crippen LogP contribution in [0.5, 0.6) is 11.5 Å². The Labute approximate surface area is 202 Å². The highest BCUT2D eigenvalue weighted by molar-refractivity contribution is 9.10. The van der Waals surface area contributed by atoms with Crippen LogP contribution in [0.25, 0.3) is 0 Å². The maximum absolute atomic E-state index is 6.28. The van der Waals surface area contributed by atoms with Crippen molar-refractivity contribution in [3.8, 4) is 11.5 Å². The van der Waals surface area contributed by atoms with Crippen molar-refractivity contribution < 1.29 is 9.47 Å². The third-order valence-corrected chi connectivity index (χ3v) is 8.98. The fraction of sp³-hybridized carbons (Fsp3) is 0.520. The average Bonchev–Trinajstić information content (AvgIpc) is 2.74. The molecule has 6 heteroatoms. The van der Waals surface area contributed by atoms with Crippen molar-refractivity contribution in [3.05, 3.63) is 56.0 Å². The smallest absolute Gasteiger partial charge is 0.167 e. The fourth-order valence-electron chi connectivity index (χ4n) is 6.33. The number of rotatable bonds is 7. The SMILES string of the molecule is COc1ccc(Br)c(CNC2C3CC4CC(C3)CC2C4)c1OCc1ccc(Cl)c(Cl)c1. The van der Waals surface area contributed by atoms with Gasteiger partial charge < -0.3 is 14.8 Å². The zero-order valence-corrected chi connectivity index (χ0v) is 20.8. The minimum atomic E-state index is 0.398. The molecular formula is C25H28BrCl2NO2. The largest absolute Gasteiger partial charge is 0.493 e. The van der Waals surface area contributed by atoms with E-state index in [-0.39, 0.29) is 0 Å². The number of benzene rings is 2. The molecule has 4 aliphatic carbocycles. The Hall–Kier alpha value is -0.940. The van der Waals surface area contributed by atoms with Gasteiger partial charge in [0.2, 0.25) is 0 Å². The Morgan fingerprint density at radius 3 is 2.32 bits per heavy atom. The summed E-state index contributed by atoms with van der Waals surface area (Å²) < 4.78 is 13.0. The Bertz CT molecular complexity index is 939. The van der Waals surface area contributed by atoms with Crippen LogP contribution in [0.2, 0.25) is 10.0 Å². The highest BCUT2D eigenvalue weighted by atomic mass is 79.9. The van der Waals surface area contributed by atoms with Crippen LogP contribution in [0.3, 0.4) is 0 Å². The summed E-state index contributed by atoms with van der Waals surface area (Å²) in [5, 5.41) is 5.01. The fourth-order valence-corrected chi connectivity index (χ4v) is 7.10. The van der Waals surface area contributed by atoms with Crippen LogP contribution >= 0.6 is 39.1 Å². The van der Waals surface area contributed by atoms with Crippen LogP contribution in [0.4, 0.5) is 0 Å². The minimum absolute atomic E-state index is 0.398. The standard InChI is InChI=1S/C25H28BrCl2NO2/c1-30-23-5-3-20(26)19(25(23)31-13-14-2-4-21(27)22(28)11-14)12-29-24-17-7-15-6-16(9-17)10-18(24)8-15/h2-5,11,15-18,24,29H,6-10,12-13H2,1H3. The third kappa shape index (κ3) is 4.46. The first-order chi connectivity index (χ1) is 15.0. The van der Waals surface area contributed by atoms with Gasteiger partial charge in [-0.2, -0.15) is 0 Å². The van der Waals surface area contributed by atoms with Crippen LogP contribution in [0.15, 0.2) is 34.8 Å². The normalized spacial score (nSPS) is 28.7. The molecule has 0 aliphatic heterocycles. The number of nitrogens with one attached hydrogen (secondary N) is 1. The summed E-state index contributed by atoms with van der Waals surface area (Å²) in [7, 11) is 1.68. The van der Waals surface area contributed by atoms with Crippen molar-refractivity contribution in [1.82, 2.24) is 5.32 Å². The van der Waals surface area contributed by atoms with Gasteiger partial charge in [0.05, 0.1) is 17.2 Å². The first-order valence-corrected chi connectivity index (χ1v) is 12.7. The number of hydrogen-bond donors (Lipinski definition) is 1. The first-order valence-electron chi connectivity index (χ1n) is 11.2. The first kappa shape index (κ1) is 21.9. The Morgan fingerprint density at radius 2 is 1.68 bits per heavy atom. The molecule has 166 valence electrons. The quantitative estimate of drug-likeness (QED) is 0.413. The molecule has 1 N–H and O–H groups in total. The van der Waals surface area contributed by atoms with E-state index < -0.39 is 0 Å². The molecular weight excluding hydrogens is 497 g/mol. The van der Waals surface area contributed by atoms with Crippen LogP contribution in [-0.2, 0) is 13.2 Å². The van der Waals surface area contributed by atoms with Gasteiger partial charge in [0.25, 0.3) is 0 Å². The molecule has 6 rings (SSSR count). The topological polar surface area (TPSA) is 30.5 Å². The van der Waals surface area contributed by atoms with E-state index in [0.717, 1.165) is 57.3 Å². The minimum Gasteiger partial charge on any atom is -0.493 e. The maximum atomic E-state index is 6.28. The van der Waals surface area contributed by atoms with E-state index in [9.17, 15) is 0 Å². The van der Waals surface area contributed by atoms with E-state index in [2.05, 4.69) is 21.2 Å². The van der Waals surface area contributed by atoms with Crippen LogP contribution < -0.4 is 14.8 Å². The molecule has 4 aliphatic rings. The lowest BCUT2D eigenvalue weighted by atomic mass is 9.54. The van der Waals surface area contributed by atoms with Crippen molar-refractivity contribution in [3.63, 3.8) is 0 Å². The lowest BCUT2D eigenvalue weighted by molar-refractivity contribution is -0.0143. The Morgan fingerprint density at radius 1 is 0.968 bits per heavy atom. The van der Waals surface area contributed by atoms with Crippen LogP contribution in [0, 0.1) is 23.7 Å². The number of halogens is 3. The van der Waals surface area contributed by atoms with Crippen molar-refractivity contribution in [2.45, 2.75) is 51.3 Å². The summed E-state index contributed by atoms with van der Waals surface area (Å²) >= 11 is 16.0. The van der Waals surface area contributed by atoms with Gasteiger partial charge in [-0.3, -0.25) is 0 Å². The second kappa shape index (κ2) is 9.13. The molecule has 2 aromatic carbocycles. The van der Waals surface area contributed by atoms with Gasteiger partial charge in [0.15, 0.2) is 11.5 Å². The number of ether oxygens (including phenoxy) is 2. The lowest BCUT2D eigenvalue weighted by Gasteiger charge is -2.54. The molecule has 4 bridgehead atoms. The van der Waals surface area contributed by atoms with Gasteiger partial charge in [-0.15, -0.1) is 0 Å². The summed E-state index contributed by atoms with van der Waals surface area (Å²) in [5.74, 6) is 5.15. The van der Waals surface area contributed by atoms with Gasteiger partial charge in [0.1, 0.15) is 6.61 Å². The van der Waals surface area contributed by atoms with Crippen molar-refractivity contribution >= 4 is 39.1 Å². The van der Waals surface area contributed by atoms with Crippen molar-refractivity contribution in [1.29, 1.82) is 0 Å². The van der Waals surface area contributed by atoms with Gasteiger partial charge in [-0.05, 0) is 85.6 Å². The van der Waals surface area contributed by atoms with E-state index in [1.54, 1.807) is 13.2 Å². The van der Waals surface area contributed by atoms with Crippen molar-refractivity contribution in [2.24, 2.45) is 23.7 Å². The Kier molecular flexibility index (Phi) is 6.44. The zero-order chi connectivity index (χ0) is 21.5. The van der Waals surface area contributed by atoms with Gasteiger partial charge in [-0.1, -0.05) is 45.2 Å². The zero-order valence-electron chi connectivity index (χ0n) is 17.7. The van der Waals surface area contributed by atoms with Gasteiger partial charge >= 0.3 is 0 Å². The molecule has 0 atom stereocenters. The average molecular weight is 525 g/mol. The molecule has 0 heterocycles. The predicted molar refractivity (Wildman–Crippen MR) is 129 cm³/mol. The molecule has 0 unspecified atom stereocenters. The van der Waals surface area contributed by atoms with E-state index in [4.69, 9.17) is 32.7 Å². The third-order valence-electron chi connectivity index (χ3n) is 7.50.